The molecule has 0 aromatic carbocycles. The van der Waals surface area contributed by atoms with E-state index in [0.29, 0.717) is 0 Å². The molecule has 0 aliphatic heterocycles. The number of aromatic nitrogens is 2. The van der Waals surface area contributed by atoms with E-state index < -0.39 is 17.4 Å². The molecular weight excluding hydrogens is 171 g/mol. The number of H-pyrrole nitrogens is 1. The molecule has 1 N–H and O–H groups in total. The number of hydrogen-bond donors (Lipinski definition) is 1. The molecule has 0 saturated carbocycles. The van der Waals surface area contributed by atoms with E-state index >= 15 is 0 Å². The summed E-state index contributed by atoms with van der Waals surface area (Å²) in [6.45, 7) is 1.22. The van der Waals surface area contributed by atoms with Gasteiger partial charge in [-0.25, -0.2) is 0 Å². The van der Waals surface area contributed by atoms with Gasteiger partial charge in [-0.15, -0.1) is 0 Å². The molecule has 64 valence electrons. The fourth-order valence-corrected chi connectivity index (χ4v) is 0.857. The fourth-order valence-electron chi connectivity index (χ4n) is 0.857. The Morgan fingerprint density at radius 3 is 2.42 bits per heavy atom. The molecule has 0 unspecified atom stereocenters. The first-order valence-corrected chi connectivity index (χ1v) is 2.99. The molecule has 1 aromatic heterocycles. The average molecular weight is 175 g/mol. The van der Waals surface area contributed by atoms with Crippen LogP contribution in [-0.4, -0.2) is 10.2 Å². The minimum atomic E-state index is -4.51. The molecular formula is C6H4F3N3. The maximum atomic E-state index is 12.1. The number of nitrogens with one attached hydrogen (secondary N) is 1. The number of aromatic amines is 1. The predicted molar refractivity (Wildman–Crippen MR) is 33.0 cm³/mol. The van der Waals surface area contributed by atoms with Crippen LogP contribution in [0.4, 0.5) is 13.2 Å². The van der Waals surface area contributed by atoms with E-state index in [1.54, 1.807) is 0 Å². The molecule has 1 heterocycles. The lowest BCUT2D eigenvalue weighted by molar-refractivity contribution is -0.138. The van der Waals surface area contributed by atoms with E-state index in [2.05, 4.69) is 10.2 Å². The number of aryl methyl sites for hydroxylation is 1. The Labute approximate surface area is 65.8 Å². The summed E-state index contributed by atoms with van der Waals surface area (Å²) in [6.07, 6.45) is -4.51. The maximum absolute atomic E-state index is 12.1. The monoisotopic (exact) mass is 175 g/mol. The SMILES string of the molecule is Cc1[nH]nc(C#N)c1C(F)(F)F. The van der Waals surface area contributed by atoms with Crippen LogP contribution in [0.2, 0.25) is 0 Å². The normalized spacial score (nSPS) is 11.2. The highest BCUT2D eigenvalue weighted by Crippen LogP contribution is 2.32. The van der Waals surface area contributed by atoms with Crippen LogP contribution >= 0.6 is 0 Å². The van der Waals surface area contributed by atoms with Crippen LogP contribution in [-0.2, 0) is 6.18 Å². The van der Waals surface area contributed by atoms with E-state index in [-0.39, 0.29) is 5.69 Å². The zero-order valence-electron chi connectivity index (χ0n) is 6.03. The topological polar surface area (TPSA) is 52.5 Å². The molecule has 3 nitrogen and oxygen atoms in total. The van der Waals surface area contributed by atoms with Crippen molar-refractivity contribution in [3.63, 3.8) is 0 Å². The highest BCUT2D eigenvalue weighted by molar-refractivity contribution is 5.35. The van der Waals surface area contributed by atoms with Crippen LogP contribution in [0.1, 0.15) is 17.0 Å². The van der Waals surface area contributed by atoms with E-state index in [4.69, 9.17) is 5.26 Å². The van der Waals surface area contributed by atoms with Crippen LogP contribution in [0, 0.1) is 18.3 Å². The lowest BCUT2D eigenvalue weighted by Gasteiger charge is -2.03. The Bertz CT molecular complexity index is 331. The van der Waals surface area contributed by atoms with E-state index in [1.807, 2.05) is 0 Å². The van der Waals surface area contributed by atoms with E-state index in [9.17, 15) is 13.2 Å². The van der Waals surface area contributed by atoms with Gasteiger partial charge in [-0.05, 0) is 6.92 Å². The van der Waals surface area contributed by atoms with Gasteiger partial charge in [0.05, 0.1) is 0 Å². The molecule has 0 amide bonds. The minimum absolute atomic E-state index is 0.140. The molecule has 12 heavy (non-hydrogen) atoms. The Kier molecular flexibility index (Phi) is 1.80. The van der Waals surface area contributed by atoms with Crippen LogP contribution < -0.4 is 0 Å². The minimum Gasteiger partial charge on any atom is -0.281 e. The van der Waals surface area contributed by atoms with Gasteiger partial charge in [0.2, 0.25) is 0 Å². The van der Waals surface area contributed by atoms with Crippen molar-refractivity contribution in [2.75, 3.05) is 0 Å². The standard InChI is InChI=1S/C6H4F3N3/c1-3-5(6(7,8)9)4(2-10)12-11-3/h1H3,(H,11,12). The molecule has 1 aromatic rings. The third-order valence-corrected chi connectivity index (χ3v) is 1.34. The van der Waals surface area contributed by atoms with Crippen LogP contribution in [0.25, 0.3) is 0 Å². The van der Waals surface area contributed by atoms with Crippen molar-refractivity contribution < 1.29 is 13.2 Å². The first-order valence-electron chi connectivity index (χ1n) is 2.99. The zero-order chi connectivity index (χ0) is 9.35. The quantitative estimate of drug-likeness (QED) is 0.651. The van der Waals surface area contributed by atoms with Crippen LogP contribution in [0.3, 0.4) is 0 Å². The predicted octanol–water partition coefficient (Wildman–Crippen LogP) is 1.61. The van der Waals surface area contributed by atoms with Crippen molar-refractivity contribution in [3.05, 3.63) is 17.0 Å². The van der Waals surface area contributed by atoms with Crippen LogP contribution in [0.5, 0.6) is 0 Å². The van der Waals surface area contributed by atoms with Gasteiger partial charge in [-0.3, -0.25) is 5.10 Å². The summed E-state index contributed by atoms with van der Waals surface area (Å²) in [5, 5.41) is 13.6. The number of hydrogen-bond acceptors (Lipinski definition) is 2. The molecule has 0 spiro atoms. The highest BCUT2D eigenvalue weighted by Gasteiger charge is 2.37. The summed E-state index contributed by atoms with van der Waals surface area (Å²) in [7, 11) is 0. The van der Waals surface area contributed by atoms with Crippen molar-refractivity contribution in [2.24, 2.45) is 0 Å². The van der Waals surface area contributed by atoms with E-state index in [1.165, 1.54) is 13.0 Å². The van der Waals surface area contributed by atoms with Gasteiger partial charge in [0, 0.05) is 5.69 Å². The number of rotatable bonds is 0. The summed E-state index contributed by atoms with van der Waals surface area (Å²) in [6, 6.07) is 1.36. The smallest absolute Gasteiger partial charge is 0.281 e. The second-order valence-corrected chi connectivity index (χ2v) is 2.18. The molecule has 0 fully saturated rings. The molecule has 0 aliphatic carbocycles. The molecule has 0 aliphatic rings. The van der Waals surface area contributed by atoms with Crippen molar-refractivity contribution in [1.82, 2.24) is 10.2 Å². The van der Waals surface area contributed by atoms with Crippen molar-refractivity contribution >= 4 is 0 Å². The van der Waals surface area contributed by atoms with Crippen molar-refractivity contribution in [2.45, 2.75) is 13.1 Å². The van der Waals surface area contributed by atoms with Crippen LogP contribution in [0.15, 0.2) is 0 Å². The summed E-state index contributed by atoms with van der Waals surface area (Å²) >= 11 is 0. The van der Waals surface area contributed by atoms with Gasteiger partial charge in [-0.2, -0.15) is 23.5 Å². The third kappa shape index (κ3) is 1.25. The summed E-state index contributed by atoms with van der Waals surface area (Å²) in [5.74, 6) is 0. The first-order chi connectivity index (χ1) is 5.46. The van der Waals surface area contributed by atoms with Gasteiger partial charge < -0.3 is 0 Å². The Morgan fingerprint density at radius 1 is 1.50 bits per heavy atom. The highest BCUT2D eigenvalue weighted by atomic mass is 19.4. The van der Waals surface area contributed by atoms with Gasteiger partial charge in [-0.1, -0.05) is 0 Å². The number of halogens is 3. The first kappa shape index (κ1) is 8.59. The van der Waals surface area contributed by atoms with Gasteiger partial charge in [0.25, 0.3) is 0 Å². The maximum Gasteiger partial charge on any atom is 0.421 e. The molecule has 0 saturated heterocycles. The lowest BCUT2D eigenvalue weighted by atomic mass is 10.2. The molecule has 0 bridgehead atoms. The largest absolute Gasteiger partial charge is 0.421 e. The second kappa shape index (κ2) is 2.52. The summed E-state index contributed by atoms with van der Waals surface area (Å²) in [5.41, 5.74) is -1.73. The van der Waals surface area contributed by atoms with E-state index in [0.717, 1.165) is 0 Å². The summed E-state index contributed by atoms with van der Waals surface area (Å²) < 4.78 is 36.4. The lowest BCUT2D eigenvalue weighted by Crippen LogP contribution is -2.07. The fraction of sp³-hybridized carbons (Fsp3) is 0.333. The molecule has 0 radical (unpaired) electrons. The van der Waals surface area contributed by atoms with Crippen molar-refractivity contribution in [3.8, 4) is 6.07 Å². The second-order valence-electron chi connectivity index (χ2n) is 2.18. The van der Waals surface area contributed by atoms with Crippen molar-refractivity contribution in [1.29, 1.82) is 5.26 Å². The van der Waals surface area contributed by atoms with Gasteiger partial charge in [0.15, 0.2) is 5.69 Å². The molecule has 0 atom stereocenters. The Morgan fingerprint density at radius 2 is 2.08 bits per heavy atom. The zero-order valence-corrected chi connectivity index (χ0v) is 6.03. The number of alkyl halides is 3. The summed E-state index contributed by atoms with van der Waals surface area (Å²) in [4.78, 5) is 0. The Balaban J connectivity index is 3.32. The molecule has 6 heteroatoms. The third-order valence-electron chi connectivity index (χ3n) is 1.34. The average Bonchev–Trinajstić information content (AvgIpc) is 2.29. The number of nitrogens with zero attached hydrogens (tertiary/aromatic N) is 2. The van der Waals surface area contributed by atoms with Gasteiger partial charge in [0.1, 0.15) is 11.6 Å². The number of nitriles is 1. The Hall–Kier alpha value is -1.51. The molecule has 1 rings (SSSR count). The van der Waals surface area contributed by atoms with Gasteiger partial charge >= 0.3 is 6.18 Å².